The van der Waals surface area contributed by atoms with Crippen molar-refractivity contribution < 1.29 is 9.90 Å². The van der Waals surface area contributed by atoms with Crippen LogP contribution in [0.2, 0.25) is 0 Å². The van der Waals surface area contributed by atoms with Crippen LogP contribution < -0.4 is 10.6 Å². The molecule has 1 atom stereocenters. The van der Waals surface area contributed by atoms with Crippen molar-refractivity contribution >= 4 is 11.7 Å². The van der Waals surface area contributed by atoms with Crippen LogP contribution in [0.3, 0.4) is 0 Å². The van der Waals surface area contributed by atoms with Gasteiger partial charge in [0, 0.05) is 37.6 Å². The first kappa shape index (κ1) is 16.4. The fourth-order valence-electron chi connectivity index (χ4n) is 3.07. The second-order valence-corrected chi connectivity index (χ2v) is 6.14. The number of anilines is 1. The van der Waals surface area contributed by atoms with E-state index in [0.717, 1.165) is 5.69 Å². The monoisotopic (exact) mass is 326 g/mol. The predicted molar refractivity (Wildman–Crippen MR) is 91.7 cm³/mol. The summed E-state index contributed by atoms with van der Waals surface area (Å²) >= 11 is 0. The highest BCUT2D eigenvalue weighted by Gasteiger charge is 2.35. The van der Waals surface area contributed by atoms with Crippen LogP contribution in [0.5, 0.6) is 0 Å². The van der Waals surface area contributed by atoms with Crippen LogP contribution in [0.15, 0.2) is 42.7 Å². The zero-order valence-electron chi connectivity index (χ0n) is 13.6. The first-order valence-corrected chi connectivity index (χ1v) is 8.19. The molecule has 24 heavy (non-hydrogen) atoms. The Morgan fingerprint density at radius 2 is 2.04 bits per heavy atom. The van der Waals surface area contributed by atoms with Crippen LogP contribution in [0.1, 0.15) is 28.9 Å². The number of aliphatic hydroxyl groups excluding tert-OH is 1. The van der Waals surface area contributed by atoms with Gasteiger partial charge in [-0.1, -0.05) is 6.07 Å². The number of rotatable bonds is 6. The lowest BCUT2D eigenvalue weighted by Gasteiger charge is -2.38. The van der Waals surface area contributed by atoms with E-state index in [1.807, 2.05) is 18.2 Å². The molecule has 0 spiro atoms. The number of hydrogen-bond donors (Lipinski definition) is 3. The molecule has 2 heterocycles. The standard InChI is InChI=1S/C18H22N4O2/c1-19-17-15(6-4-8-21-17)18(24)22-16(12-9-14(23)10-12)11-13-5-2-3-7-20-13/h2-8,12,14,16,23H,9-11H2,1H3,(H,19,21)(H,22,24)/t12?,14?,16-/m0/s1. The first-order chi connectivity index (χ1) is 11.7. The van der Waals surface area contributed by atoms with Gasteiger partial charge in [-0.25, -0.2) is 4.98 Å². The van der Waals surface area contributed by atoms with Crippen molar-refractivity contribution in [2.45, 2.75) is 31.4 Å². The summed E-state index contributed by atoms with van der Waals surface area (Å²) in [7, 11) is 1.74. The number of nitrogens with one attached hydrogen (secondary N) is 2. The zero-order valence-corrected chi connectivity index (χ0v) is 13.6. The highest BCUT2D eigenvalue weighted by Crippen LogP contribution is 2.31. The summed E-state index contributed by atoms with van der Waals surface area (Å²) in [5.41, 5.74) is 1.45. The highest BCUT2D eigenvalue weighted by molar-refractivity contribution is 5.98. The summed E-state index contributed by atoms with van der Waals surface area (Å²) < 4.78 is 0. The van der Waals surface area contributed by atoms with Crippen LogP contribution in [-0.4, -0.2) is 40.2 Å². The molecule has 0 radical (unpaired) electrons. The molecule has 0 aliphatic heterocycles. The maximum absolute atomic E-state index is 12.7. The van der Waals surface area contributed by atoms with Gasteiger partial charge in [-0.15, -0.1) is 0 Å². The van der Waals surface area contributed by atoms with E-state index in [1.165, 1.54) is 0 Å². The quantitative estimate of drug-likeness (QED) is 0.751. The van der Waals surface area contributed by atoms with Gasteiger partial charge in [0.25, 0.3) is 5.91 Å². The van der Waals surface area contributed by atoms with Crippen molar-refractivity contribution in [3.8, 4) is 0 Å². The number of aliphatic hydroxyl groups is 1. The topological polar surface area (TPSA) is 87.1 Å². The van der Waals surface area contributed by atoms with E-state index < -0.39 is 0 Å². The van der Waals surface area contributed by atoms with E-state index in [9.17, 15) is 9.90 Å². The molecule has 6 heteroatoms. The van der Waals surface area contributed by atoms with Gasteiger partial charge in [0.1, 0.15) is 5.82 Å². The molecule has 0 bridgehead atoms. The summed E-state index contributed by atoms with van der Waals surface area (Å²) in [6, 6.07) is 9.21. The summed E-state index contributed by atoms with van der Waals surface area (Å²) in [5, 5.41) is 15.7. The van der Waals surface area contributed by atoms with Gasteiger partial charge in [-0.05, 0) is 43.0 Å². The van der Waals surface area contributed by atoms with Crippen LogP contribution in [0.4, 0.5) is 5.82 Å². The molecular formula is C18H22N4O2. The molecule has 6 nitrogen and oxygen atoms in total. The number of pyridine rings is 2. The second kappa shape index (κ2) is 7.40. The zero-order chi connectivity index (χ0) is 16.9. The maximum Gasteiger partial charge on any atom is 0.255 e. The van der Waals surface area contributed by atoms with Crippen molar-refractivity contribution in [1.29, 1.82) is 0 Å². The minimum Gasteiger partial charge on any atom is -0.393 e. The van der Waals surface area contributed by atoms with Crippen molar-refractivity contribution in [2.24, 2.45) is 5.92 Å². The fourth-order valence-corrected chi connectivity index (χ4v) is 3.07. The van der Waals surface area contributed by atoms with Crippen LogP contribution in [-0.2, 0) is 6.42 Å². The van der Waals surface area contributed by atoms with Crippen LogP contribution in [0, 0.1) is 5.92 Å². The third-order valence-corrected chi connectivity index (χ3v) is 4.48. The Balaban J connectivity index is 1.75. The number of hydrogen-bond acceptors (Lipinski definition) is 5. The first-order valence-electron chi connectivity index (χ1n) is 8.19. The van der Waals surface area contributed by atoms with Crippen molar-refractivity contribution in [1.82, 2.24) is 15.3 Å². The maximum atomic E-state index is 12.7. The van der Waals surface area contributed by atoms with Crippen LogP contribution in [0.25, 0.3) is 0 Å². The molecule has 0 saturated heterocycles. The molecule has 2 aromatic heterocycles. The molecule has 1 saturated carbocycles. The fraction of sp³-hybridized carbons (Fsp3) is 0.389. The Morgan fingerprint density at radius 1 is 1.25 bits per heavy atom. The minimum atomic E-state index is -0.260. The highest BCUT2D eigenvalue weighted by atomic mass is 16.3. The van der Waals surface area contributed by atoms with Gasteiger partial charge in [0.2, 0.25) is 0 Å². The third-order valence-electron chi connectivity index (χ3n) is 4.48. The van der Waals surface area contributed by atoms with Gasteiger partial charge in [-0.2, -0.15) is 0 Å². The molecule has 126 valence electrons. The summed E-state index contributed by atoms with van der Waals surface area (Å²) in [5.74, 6) is 0.663. The third kappa shape index (κ3) is 3.71. The molecule has 1 aliphatic carbocycles. The molecule has 1 fully saturated rings. The Kier molecular flexibility index (Phi) is 5.05. The Hall–Kier alpha value is -2.47. The van der Waals surface area contributed by atoms with Gasteiger partial charge in [0.05, 0.1) is 11.7 Å². The number of aromatic nitrogens is 2. The lowest BCUT2D eigenvalue weighted by atomic mass is 9.76. The SMILES string of the molecule is CNc1ncccc1C(=O)N[C@@H](Cc1ccccn1)C1CC(O)C1. The lowest BCUT2D eigenvalue weighted by Crippen LogP contribution is -2.48. The summed E-state index contributed by atoms with van der Waals surface area (Å²) in [4.78, 5) is 21.2. The number of nitrogens with zero attached hydrogens (tertiary/aromatic N) is 2. The largest absolute Gasteiger partial charge is 0.393 e. The Bertz CT molecular complexity index is 686. The smallest absolute Gasteiger partial charge is 0.255 e. The molecule has 1 amide bonds. The lowest BCUT2D eigenvalue weighted by molar-refractivity contribution is 0.0238. The molecule has 3 rings (SSSR count). The molecule has 0 aromatic carbocycles. The van der Waals surface area contributed by atoms with Crippen molar-refractivity contribution in [3.63, 3.8) is 0 Å². The van der Waals surface area contributed by atoms with Gasteiger partial charge in [0.15, 0.2) is 0 Å². The molecule has 0 unspecified atom stereocenters. The van der Waals surface area contributed by atoms with E-state index in [4.69, 9.17) is 0 Å². The van der Waals surface area contributed by atoms with Crippen molar-refractivity contribution in [3.05, 3.63) is 54.0 Å². The van der Waals surface area contributed by atoms with Gasteiger partial charge >= 0.3 is 0 Å². The van der Waals surface area contributed by atoms with Gasteiger partial charge < -0.3 is 15.7 Å². The van der Waals surface area contributed by atoms with E-state index in [1.54, 1.807) is 31.6 Å². The van der Waals surface area contributed by atoms with Crippen LogP contribution >= 0.6 is 0 Å². The van der Waals surface area contributed by atoms with E-state index in [-0.39, 0.29) is 24.0 Å². The molecule has 1 aliphatic rings. The molecular weight excluding hydrogens is 304 g/mol. The van der Waals surface area contributed by atoms with Gasteiger partial charge in [-0.3, -0.25) is 9.78 Å². The average molecular weight is 326 g/mol. The Morgan fingerprint density at radius 3 is 2.71 bits per heavy atom. The van der Waals surface area contributed by atoms with E-state index >= 15 is 0 Å². The number of carbonyl (C=O) groups is 1. The van der Waals surface area contributed by atoms with E-state index in [0.29, 0.717) is 30.6 Å². The van der Waals surface area contributed by atoms with Crippen molar-refractivity contribution in [2.75, 3.05) is 12.4 Å². The molecule has 3 N–H and O–H groups in total. The molecule has 2 aromatic rings. The van der Waals surface area contributed by atoms with E-state index in [2.05, 4.69) is 20.6 Å². The minimum absolute atomic E-state index is 0.0549. The predicted octanol–water partition coefficient (Wildman–Crippen LogP) is 1.63. The summed E-state index contributed by atoms with van der Waals surface area (Å²) in [6.45, 7) is 0. The normalized spacial score (nSPS) is 20.8. The Labute approximate surface area is 141 Å². The summed E-state index contributed by atoms with van der Waals surface area (Å²) in [6.07, 6.45) is 5.22. The second-order valence-electron chi connectivity index (χ2n) is 6.14. The average Bonchev–Trinajstić information content (AvgIpc) is 2.59. The number of amides is 1. The number of carbonyl (C=O) groups excluding carboxylic acids is 1.